The Hall–Kier alpha value is -0.570. The average molecular weight is 226 g/mol. The monoisotopic (exact) mass is 225 g/mol. The van der Waals surface area contributed by atoms with Crippen molar-refractivity contribution in [3.63, 3.8) is 0 Å². The highest BCUT2D eigenvalue weighted by molar-refractivity contribution is 6.30. The molecule has 0 aromatic heterocycles. The molecule has 0 aliphatic carbocycles. The van der Waals surface area contributed by atoms with Crippen molar-refractivity contribution in [1.29, 1.82) is 0 Å². The highest BCUT2D eigenvalue weighted by Gasteiger charge is 2.19. The lowest BCUT2D eigenvalue weighted by molar-refractivity contribution is 0.177. The SMILES string of the molecule is O[C@H]1CCN(CCc2ccc(Cl)cc2)C1. The molecule has 1 atom stereocenters. The quantitative estimate of drug-likeness (QED) is 0.850. The fourth-order valence-corrected chi connectivity index (χ4v) is 2.08. The van der Waals surface area contributed by atoms with Crippen LogP contribution in [0.25, 0.3) is 0 Å². The number of halogens is 1. The Kier molecular flexibility index (Phi) is 3.62. The zero-order valence-corrected chi connectivity index (χ0v) is 9.45. The first-order valence-electron chi connectivity index (χ1n) is 5.39. The van der Waals surface area contributed by atoms with Gasteiger partial charge in [-0.3, -0.25) is 0 Å². The standard InChI is InChI=1S/C12H16ClNO/c13-11-3-1-10(2-4-11)5-7-14-8-6-12(15)9-14/h1-4,12,15H,5-9H2/t12-/m0/s1. The van der Waals surface area contributed by atoms with E-state index in [1.807, 2.05) is 12.1 Å². The van der Waals surface area contributed by atoms with E-state index in [4.69, 9.17) is 11.6 Å². The molecular weight excluding hydrogens is 210 g/mol. The van der Waals surface area contributed by atoms with Crippen molar-refractivity contribution < 1.29 is 5.11 Å². The van der Waals surface area contributed by atoms with Gasteiger partial charge in [-0.2, -0.15) is 0 Å². The van der Waals surface area contributed by atoms with Crippen LogP contribution < -0.4 is 0 Å². The summed E-state index contributed by atoms with van der Waals surface area (Å²) in [5.74, 6) is 0. The number of nitrogens with zero attached hydrogens (tertiary/aromatic N) is 1. The molecule has 82 valence electrons. The minimum absolute atomic E-state index is 0.116. The third-order valence-electron chi connectivity index (χ3n) is 2.88. The second-order valence-corrected chi connectivity index (χ2v) is 4.56. The summed E-state index contributed by atoms with van der Waals surface area (Å²) in [4.78, 5) is 2.30. The van der Waals surface area contributed by atoms with Crippen LogP contribution in [0.4, 0.5) is 0 Å². The molecule has 2 nitrogen and oxygen atoms in total. The van der Waals surface area contributed by atoms with E-state index in [-0.39, 0.29) is 6.10 Å². The van der Waals surface area contributed by atoms with Crippen LogP contribution >= 0.6 is 11.6 Å². The number of likely N-dealkylation sites (tertiary alicyclic amines) is 1. The van der Waals surface area contributed by atoms with E-state index < -0.39 is 0 Å². The Morgan fingerprint density at radius 1 is 1.33 bits per heavy atom. The van der Waals surface area contributed by atoms with Gasteiger partial charge in [0.05, 0.1) is 6.10 Å². The van der Waals surface area contributed by atoms with Gasteiger partial charge in [0, 0.05) is 24.7 Å². The summed E-state index contributed by atoms with van der Waals surface area (Å²) in [5, 5.41) is 10.2. The number of benzene rings is 1. The normalized spacial score (nSPS) is 22.1. The molecule has 2 rings (SSSR count). The van der Waals surface area contributed by atoms with Gasteiger partial charge in [-0.05, 0) is 30.5 Å². The molecule has 0 bridgehead atoms. The number of aliphatic hydroxyl groups excluding tert-OH is 1. The maximum absolute atomic E-state index is 9.37. The maximum atomic E-state index is 9.37. The summed E-state index contributed by atoms with van der Waals surface area (Å²) in [6.45, 7) is 2.88. The van der Waals surface area contributed by atoms with Gasteiger partial charge >= 0.3 is 0 Å². The van der Waals surface area contributed by atoms with E-state index in [1.165, 1.54) is 5.56 Å². The lowest BCUT2D eigenvalue weighted by Gasteiger charge is -2.14. The molecule has 1 N–H and O–H groups in total. The highest BCUT2D eigenvalue weighted by Crippen LogP contribution is 2.12. The van der Waals surface area contributed by atoms with Gasteiger partial charge in [0.15, 0.2) is 0 Å². The second-order valence-electron chi connectivity index (χ2n) is 4.12. The van der Waals surface area contributed by atoms with Crippen molar-refractivity contribution in [2.45, 2.75) is 18.9 Å². The molecule has 1 aromatic carbocycles. The van der Waals surface area contributed by atoms with Crippen LogP contribution in [0.3, 0.4) is 0 Å². The van der Waals surface area contributed by atoms with Gasteiger partial charge < -0.3 is 10.0 Å². The van der Waals surface area contributed by atoms with Crippen LogP contribution in [0, 0.1) is 0 Å². The summed E-state index contributed by atoms with van der Waals surface area (Å²) in [5.41, 5.74) is 1.31. The molecule has 1 aromatic rings. The van der Waals surface area contributed by atoms with Crippen molar-refractivity contribution in [3.8, 4) is 0 Å². The molecule has 0 saturated carbocycles. The van der Waals surface area contributed by atoms with Crippen molar-refractivity contribution in [1.82, 2.24) is 4.90 Å². The third-order valence-corrected chi connectivity index (χ3v) is 3.13. The second kappa shape index (κ2) is 4.97. The molecule has 0 spiro atoms. The molecule has 3 heteroatoms. The van der Waals surface area contributed by atoms with Gasteiger partial charge in [-0.25, -0.2) is 0 Å². The van der Waals surface area contributed by atoms with E-state index in [2.05, 4.69) is 17.0 Å². The van der Waals surface area contributed by atoms with E-state index in [0.29, 0.717) is 0 Å². The van der Waals surface area contributed by atoms with Crippen molar-refractivity contribution in [3.05, 3.63) is 34.9 Å². The smallest absolute Gasteiger partial charge is 0.0679 e. The molecule has 1 fully saturated rings. The van der Waals surface area contributed by atoms with Crippen LogP contribution in [0.5, 0.6) is 0 Å². The number of aliphatic hydroxyl groups is 1. The zero-order chi connectivity index (χ0) is 10.7. The van der Waals surface area contributed by atoms with Crippen LogP contribution in [-0.2, 0) is 6.42 Å². The van der Waals surface area contributed by atoms with Gasteiger partial charge in [-0.15, -0.1) is 0 Å². The Bertz CT molecular complexity index is 312. The van der Waals surface area contributed by atoms with Gasteiger partial charge in [0.2, 0.25) is 0 Å². The van der Waals surface area contributed by atoms with Crippen molar-refractivity contribution in [2.75, 3.05) is 19.6 Å². The first-order valence-corrected chi connectivity index (χ1v) is 5.77. The molecule has 0 unspecified atom stereocenters. The van der Waals surface area contributed by atoms with Gasteiger partial charge in [0.25, 0.3) is 0 Å². The minimum atomic E-state index is -0.116. The number of hydrogen-bond donors (Lipinski definition) is 1. The summed E-state index contributed by atoms with van der Waals surface area (Å²) >= 11 is 5.81. The summed E-state index contributed by atoms with van der Waals surface area (Å²) in [6.07, 6.45) is 1.83. The number of hydrogen-bond acceptors (Lipinski definition) is 2. The lowest BCUT2D eigenvalue weighted by Crippen LogP contribution is -2.24. The van der Waals surface area contributed by atoms with E-state index in [1.54, 1.807) is 0 Å². The van der Waals surface area contributed by atoms with Gasteiger partial charge in [0.1, 0.15) is 0 Å². The fourth-order valence-electron chi connectivity index (χ4n) is 1.95. The summed E-state index contributed by atoms with van der Waals surface area (Å²) < 4.78 is 0. The minimum Gasteiger partial charge on any atom is -0.392 e. The average Bonchev–Trinajstić information content (AvgIpc) is 2.64. The Balaban J connectivity index is 1.80. The molecular formula is C12H16ClNO. The predicted molar refractivity (Wildman–Crippen MR) is 62.2 cm³/mol. The highest BCUT2D eigenvalue weighted by atomic mass is 35.5. The molecule has 1 saturated heterocycles. The Morgan fingerprint density at radius 2 is 2.07 bits per heavy atom. The van der Waals surface area contributed by atoms with Crippen molar-refractivity contribution in [2.24, 2.45) is 0 Å². The Labute approximate surface area is 95.5 Å². The third kappa shape index (κ3) is 3.20. The van der Waals surface area contributed by atoms with Gasteiger partial charge in [-0.1, -0.05) is 23.7 Å². The van der Waals surface area contributed by atoms with Crippen LogP contribution in [0.1, 0.15) is 12.0 Å². The van der Waals surface area contributed by atoms with E-state index >= 15 is 0 Å². The molecule has 1 aliphatic rings. The Morgan fingerprint density at radius 3 is 2.67 bits per heavy atom. The maximum Gasteiger partial charge on any atom is 0.0679 e. The summed E-state index contributed by atoms with van der Waals surface area (Å²) in [7, 11) is 0. The van der Waals surface area contributed by atoms with E-state index in [9.17, 15) is 5.11 Å². The molecule has 0 radical (unpaired) electrons. The van der Waals surface area contributed by atoms with Crippen molar-refractivity contribution >= 4 is 11.6 Å². The molecule has 1 heterocycles. The first kappa shape index (κ1) is 10.9. The zero-order valence-electron chi connectivity index (χ0n) is 8.69. The summed E-state index contributed by atoms with van der Waals surface area (Å²) in [6, 6.07) is 7.98. The molecule has 1 aliphatic heterocycles. The van der Waals surface area contributed by atoms with Crippen LogP contribution in [-0.4, -0.2) is 35.7 Å². The largest absolute Gasteiger partial charge is 0.392 e. The first-order chi connectivity index (χ1) is 7.24. The number of β-amino-alcohol motifs (C(OH)–C–C–N with tert-alkyl or cyclic N) is 1. The molecule has 0 amide bonds. The lowest BCUT2D eigenvalue weighted by atomic mass is 10.1. The van der Waals surface area contributed by atoms with Crippen LogP contribution in [0.2, 0.25) is 5.02 Å². The molecule has 15 heavy (non-hydrogen) atoms. The predicted octanol–water partition coefficient (Wildman–Crippen LogP) is 1.95. The topological polar surface area (TPSA) is 23.5 Å². The van der Waals surface area contributed by atoms with E-state index in [0.717, 1.165) is 37.5 Å². The van der Waals surface area contributed by atoms with Crippen LogP contribution in [0.15, 0.2) is 24.3 Å². The fraction of sp³-hybridized carbons (Fsp3) is 0.500. The number of rotatable bonds is 3.